The second-order valence-corrected chi connectivity index (χ2v) is 6.44. The molecular weight excluding hydrogens is 302 g/mol. The van der Waals surface area contributed by atoms with Crippen molar-refractivity contribution in [3.63, 3.8) is 0 Å². The van der Waals surface area contributed by atoms with Crippen molar-refractivity contribution >= 4 is 11.9 Å². The van der Waals surface area contributed by atoms with Gasteiger partial charge in [0.25, 0.3) is 0 Å². The highest BCUT2D eigenvalue weighted by Crippen LogP contribution is 2.29. The minimum atomic E-state index is -0.851. The van der Waals surface area contributed by atoms with E-state index in [0.717, 1.165) is 16.7 Å². The van der Waals surface area contributed by atoms with Crippen LogP contribution in [0.4, 0.5) is 0 Å². The Labute approximate surface area is 143 Å². The quantitative estimate of drug-likeness (QED) is 0.782. The number of carboxylic acid groups (broad SMARTS) is 1. The Morgan fingerprint density at radius 1 is 1.04 bits per heavy atom. The SMILES string of the molecule is [2H]NC(=O)Cc1ccc(CC(C)(CCc2ccccc2)C(=O)O)cc1. The highest BCUT2D eigenvalue weighted by molar-refractivity contribution is 5.76. The van der Waals surface area contributed by atoms with Crippen LogP contribution < -0.4 is 5.73 Å². The van der Waals surface area contributed by atoms with Crippen molar-refractivity contribution in [1.82, 2.24) is 0 Å². The van der Waals surface area contributed by atoms with Gasteiger partial charge in [-0.15, -0.1) is 0 Å². The van der Waals surface area contributed by atoms with Gasteiger partial charge in [-0.25, -0.2) is 0 Å². The summed E-state index contributed by atoms with van der Waals surface area (Å²) in [6.07, 6.45) is 1.84. The topological polar surface area (TPSA) is 80.4 Å². The van der Waals surface area contributed by atoms with Crippen LogP contribution in [0.25, 0.3) is 0 Å². The molecule has 0 aliphatic heterocycles. The predicted molar refractivity (Wildman–Crippen MR) is 93.6 cm³/mol. The van der Waals surface area contributed by atoms with E-state index in [9.17, 15) is 14.7 Å². The van der Waals surface area contributed by atoms with E-state index in [-0.39, 0.29) is 12.3 Å². The van der Waals surface area contributed by atoms with E-state index in [1.54, 1.807) is 6.92 Å². The summed E-state index contributed by atoms with van der Waals surface area (Å²) in [4.78, 5) is 23.1. The van der Waals surface area contributed by atoms with Crippen LogP contribution in [0.2, 0.25) is 1.41 Å². The number of aryl methyl sites for hydroxylation is 1. The first-order valence-electron chi connectivity index (χ1n) is 8.49. The molecule has 4 nitrogen and oxygen atoms in total. The van der Waals surface area contributed by atoms with Gasteiger partial charge in [0.2, 0.25) is 5.91 Å². The molecule has 0 heterocycles. The van der Waals surface area contributed by atoms with E-state index in [2.05, 4.69) is 0 Å². The number of hydrogen-bond acceptors (Lipinski definition) is 2. The van der Waals surface area contributed by atoms with Gasteiger partial charge >= 0.3 is 5.97 Å². The van der Waals surface area contributed by atoms with Gasteiger partial charge in [-0.3, -0.25) is 9.59 Å². The summed E-state index contributed by atoms with van der Waals surface area (Å²) in [7, 11) is 0. The smallest absolute Gasteiger partial charge is 0.309 e. The minimum Gasteiger partial charge on any atom is -0.481 e. The molecule has 0 aliphatic carbocycles. The van der Waals surface area contributed by atoms with Crippen molar-refractivity contribution in [2.45, 2.75) is 32.6 Å². The molecule has 0 fully saturated rings. The maximum Gasteiger partial charge on any atom is 0.309 e. The zero-order valence-corrected chi connectivity index (χ0v) is 13.8. The third-order valence-electron chi connectivity index (χ3n) is 4.31. The lowest BCUT2D eigenvalue weighted by Crippen LogP contribution is -2.30. The number of hydrogen-bond donors (Lipinski definition) is 2. The van der Waals surface area contributed by atoms with Crippen LogP contribution in [0.15, 0.2) is 54.6 Å². The largest absolute Gasteiger partial charge is 0.481 e. The Kier molecular flexibility index (Phi) is 5.26. The van der Waals surface area contributed by atoms with Crippen molar-refractivity contribution in [1.29, 1.82) is 0 Å². The maximum absolute atomic E-state index is 11.8. The Bertz CT molecular complexity index is 715. The van der Waals surface area contributed by atoms with Crippen LogP contribution in [0.3, 0.4) is 0 Å². The lowest BCUT2D eigenvalue weighted by molar-refractivity contribution is -0.148. The standard InChI is InChI=1S/C20H23NO3/c1-20(19(23)24,12-11-15-5-3-2-4-6-15)14-17-9-7-16(8-10-17)13-18(21)22/h2-10H,11-14H2,1H3,(H2,21,22)(H,23,24)/i/hD. The maximum atomic E-state index is 11.8. The van der Waals surface area contributed by atoms with Crippen molar-refractivity contribution in [2.75, 3.05) is 0 Å². The lowest BCUT2D eigenvalue weighted by Gasteiger charge is -2.25. The van der Waals surface area contributed by atoms with Gasteiger partial charge in [0.1, 0.15) is 0 Å². The van der Waals surface area contributed by atoms with Crippen molar-refractivity contribution in [3.05, 3.63) is 71.3 Å². The molecule has 1 amide bonds. The molecule has 0 saturated carbocycles. The Morgan fingerprint density at radius 3 is 2.25 bits per heavy atom. The molecule has 2 rings (SSSR count). The highest BCUT2D eigenvalue weighted by Gasteiger charge is 2.32. The number of carboxylic acids is 1. The van der Waals surface area contributed by atoms with Gasteiger partial charge in [0.05, 0.1) is 11.8 Å². The number of aliphatic carboxylic acids is 1. The third-order valence-corrected chi connectivity index (χ3v) is 4.31. The van der Waals surface area contributed by atoms with E-state index in [0.29, 0.717) is 19.3 Å². The second-order valence-electron chi connectivity index (χ2n) is 6.44. The van der Waals surface area contributed by atoms with Gasteiger partial charge in [-0.05, 0) is 42.9 Å². The first-order chi connectivity index (χ1) is 11.9. The number of nitrogens with two attached hydrogens (primary N) is 1. The summed E-state index contributed by atoms with van der Waals surface area (Å²) >= 11 is 0. The number of benzene rings is 2. The molecule has 4 heteroatoms. The highest BCUT2D eigenvalue weighted by atomic mass is 16.4. The minimum absolute atomic E-state index is 0.147. The molecule has 0 bridgehead atoms. The predicted octanol–water partition coefficient (Wildman–Crippen LogP) is 2.98. The van der Waals surface area contributed by atoms with Crippen molar-refractivity contribution < 1.29 is 16.1 Å². The van der Waals surface area contributed by atoms with Crippen LogP contribution in [-0.2, 0) is 28.9 Å². The van der Waals surface area contributed by atoms with E-state index >= 15 is 0 Å². The molecule has 0 aromatic heterocycles. The van der Waals surface area contributed by atoms with E-state index in [1.807, 2.05) is 60.3 Å². The summed E-state index contributed by atoms with van der Waals surface area (Å²) in [5.41, 5.74) is 3.85. The summed E-state index contributed by atoms with van der Waals surface area (Å²) < 4.78 is 6.82. The van der Waals surface area contributed by atoms with E-state index in [4.69, 9.17) is 1.41 Å². The second kappa shape index (κ2) is 7.77. The number of primary amides is 1. The molecule has 1 atom stereocenters. The molecule has 126 valence electrons. The molecule has 2 aromatic carbocycles. The summed E-state index contributed by atoms with van der Waals surface area (Å²) in [5.74, 6) is -1.17. The van der Waals surface area contributed by atoms with E-state index < -0.39 is 11.4 Å². The van der Waals surface area contributed by atoms with E-state index in [1.165, 1.54) is 0 Å². The molecule has 1 unspecified atom stereocenters. The number of carbonyl (C=O) groups is 2. The van der Waals surface area contributed by atoms with Crippen LogP contribution in [0, 0.1) is 5.41 Å². The van der Waals surface area contributed by atoms with Crippen LogP contribution in [-0.4, -0.2) is 17.0 Å². The molecule has 2 aromatic rings. The molecular formula is C20H23NO3. The third kappa shape index (κ3) is 4.95. The summed E-state index contributed by atoms with van der Waals surface area (Å²) in [6.45, 7) is 1.78. The number of amides is 1. The first kappa shape index (κ1) is 16.2. The number of carbonyl (C=O) groups excluding carboxylic acids is 1. The fourth-order valence-electron chi connectivity index (χ4n) is 2.75. The molecule has 0 radical (unpaired) electrons. The zero-order valence-electron chi connectivity index (χ0n) is 14.8. The average molecular weight is 326 g/mol. The van der Waals surface area contributed by atoms with Crippen LogP contribution >= 0.6 is 0 Å². The molecule has 0 spiro atoms. The van der Waals surface area contributed by atoms with Crippen LogP contribution in [0.1, 0.15) is 30.0 Å². The van der Waals surface area contributed by atoms with Crippen molar-refractivity contribution in [2.24, 2.45) is 11.1 Å². The first-order valence-corrected chi connectivity index (χ1v) is 7.99. The zero-order chi connectivity index (χ0) is 18.3. The Balaban J connectivity index is 2.04. The van der Waals surface area contributed by atoms with Gasteiger partial charge in [-0.2, -0.15) is 0 Å². The van der Waals surface area contributed by atoms with Gasteiger partial charge in [0.15, 0.2) is 1.41 Å². The van der Waals surface area contributed by atoms with Gasteiger partial charge in [-0.1, -0.05) is 54.6 Å². The average Bonchev–Trinajstić information content (AvgIpc) is 2.62. The fraction of sp³-hybridized carbons (Fsp3) is 0.300. The van der Waals surface area contributed by atoms with Crippen LogP contribution in [0.5, 0.6) is 0 Å². The molecule has 0 aliphatic rings. The van der Waals surface area contributed by atoms with Gasteiger partial charge < -0.3 is 10.8 Å². The lowest BCUT2D eigenvalue weighted by atomic mass is 9.78. The molecule has 0 saturated heterocycles. The Hall–Kier alpha value is -2.62. The fourth-order valence-corrected chi connectivity index (χ4v) is 2.75. The number of rotatable bonds is 8. The molecule has 3 N–H and O–H groups in total. The summed E-state index contributed by atoms with van der Waals surface area (Å²) in [6, 6.07) is 17.2. The monoisotopic (exact) mass is 326 g/mol. The normalized spacial score (nSPS) is 13.6. The Morgan fingerprint density at radius 2 is 1.67 bits per heavy atom. The van der Waals surface area contributed by atoms with Crippen molar-refractivity contribution in [3.8, 4) is 0 Å². The van der Waals surface area contributed by atoms with Gasteiger partial charge in [0, 0.05) is 0 Å². The molecule has 24 heavy (non-hydrogen) atoms. The summed E-state index contributed by atoms with van der Waals surface area (Å²) in [5, 5.41) is 9.70.